The second-order valence-electron chi connectivity index (χ2n) is 9.69. The van der Waals surface area contributed by atoms with Crippen molar-refractivity contribution in [1.29, 1.82) is 5.26 Å². The molecule has 1 atom stereocenters. The van der Waals surface area contributed by atoms with Crippen molar-refractivity contribution in [2.45, 2.75) is 64.5 Å². The molecule has 0 aromatic heterocycles. The first-order chi connectivity index (χ1) is 15.7. The Bertz CT molecular complexity index is 885. The number of benzene rings is 1. The second-order valence-corrected chi connectivity index (χ2v) is 9.69. The van der Waals surface area contributed by atoms with Gasteiger partial charge in [0.1, 0.15) is 17.4 Å². The minimum Gasteiger partial charge on any atom is -0.492 e. The Morgan fingerprint density at radius 2 is 1.97 bits per heavy atom. The standard InChI is InChI=1S/C25H35N3O5/c1-25(2,3)33-24(30)27-12-5-7-19(17-27)23(29)28(20-10-11-20)21-9-8-18(16-26)22(15-21)32-14-6-13-31-4/h8-9,15,19-20H,5-7,10-14,17H2,1-4H3/t19-/m1/s1. The molecule has 1 aliphatic heterocycles. The topological polar surface area (TPSA) is 92.1 Å². The van der Waals surface area contributed by atoms with Crippen LogP contribution in [-0.2, 0) is 14.3 Å². The summed E-state index contributed by atoms with van der Waals surface area (Å²) in [4.78, 5) is 29.7. The highest BCUT2D eigenvalue weighted by atomic mass is 16.6. The van der Waals surface area contributed by atoms with E-state index in [-0.39, 0.29) is 24.0 Å². The normalized spacial score (nSPS) is 18.4. The Hall–Kier alpha value is -2.79. The Balaban J connectivity index is 1.75. The quantitative estimate of drug-likeness (QED) is 0.546. The number of nitrogens with zero attached hydrogens (tertiary/aromatic N) is 3. The van der Waals surface area contributed by atoms with Crippen LogP contribution in [-0.4, -0.2) is 62.0 Å². The van der Waals surface area contributed by atoms with Crippen molar-refractivity contribution in [2.75, 3.05) is 38.3 Å². The Kier molecular flexibility index (Phi) is 8.20. The van der Waals surface area contributed by atoms with Gasteiger partial charge in [-0.15, -0.1) is 0 Å². The van der Waals surface area contributed by atoms with Gasteiger partial charge in [-0.05, 0) is 58.6 Å². The summed E-state index contributed by atoms with van der Waals surface area (Å²) in [7, 11) is 1.63. The molecule has 0 N–H and O–H groups in total. The average Bonchev–Trinajstić information content (AvgIpc) is 3.61. The number of piperidine rings is 1. The zero-order valence-electron chi connectivity index (χ0n) is 20.1. The van der Waals surface area contributed by atoms with Crippen LogP contribution in [0.25, 0.3) is 0 Å². The zero-order valence-corrected chi connectivity index (χ0v) is 20.1. The molecule has 1 aliphatic carbocycles. The van der Waals surface area contributed by atoms with Gasteiger partial charge in [0.15, 0.2) is 0 Å². The van der Waals surface area contributed by atoms with Crippen LogP contribution in [0.1, 0.15) is 58.4 Å². The highest BCUT2D eigenvalue weighted by Crippen LogP contribution is 2.36. The van der Waals surface area contributed by atoms with Crippen molar-refractivity contribution in [1.82, 2.24) is 4.90 Å². The maximum Gasteiger partial charge on any atom is 0.410 e. The van der Waals surface area contributed by atoms with E-state index in [0.29, 0.717) is 44.0 Å². The van der Waals surface area contributed by atoms with E-state index >= 15 is 0 Å². The monoisotopic (exact) mass is 457 g/mol. The predicted molar refractivity (Wildman–Crippen MR) is 124 cm³/mol. The van der Waals surface area contributed by atoms with Crippen LogP contribution in [0, 0.1) is 17.2 Å². The summed E-state index contributed by atoms with van der Waals surface area (Å²) in [5, 5.41) is 9.46. The van der Waals surface area contributed by atoms with Crippen LogP contribution in [0.2, 0.25) is 0 Å². The molecule has 33 heavy (non-hydrogen) atoms. The summed E-state index contributed by atoms with van der Waals surface area (Å²) in [5.41, 5.74) is 0.599. The van der Waals surface area contributed by atoms with Gasteiger partial charge in [0.25, 0.3) is 0 Å². The average molecular weight is 458 g/mol. The van der Waals surface area contributed by atoms with Gasteiger partial charge in [0.05, 0.1) is 18.1 Å². The first-order valence-electron chi connectivity index (χ1n) is 11.7. The Morgan fingerprint density at radius 1 is 1.21 bits per heavy atom. The summed E-state index contributed by atoms with van der Waals surface area (Å²) >= 11 is 0. The molecular formula is C25H35N3O5. The van der Waals surface area contributed by atoms with Crippen molar-refractivity contribution < 1.29 is 23.8 Å². The molecule has 8 nitrogen and oxygen atoms in total. The number of carbonyl (C=O) groups excluding carboxylic acids is 2. The van der Waals surface area contributed by atoms with E-state index in [1.807, 2.05) is 31.7 Å². The first kappa shape index (κ1) is 24.8. The van der Waals surface area contributed by atoms with Gasteiger partial charge < -0.3 is 24.0 Å². The predicted octanol–water partition coefficient (Wildman–Crippen LogP) is 4.12. The number of hydrogen-bond donors (Lipinski definition) is 0. The first-order valence-corrected chi connectivity index (χ1v) is 11.7. The third-order valence-corrected chi connectivity index (χ3v) is 5.69. The van der Waals surface area contributed by atoms with Crippen LogP contribution >= 0.6 is 0 Å². The minimum absolute atomic E-state index is 0.0146. The van der Waals surface area contributed by atoms with E-state index in [4.69, 9.17) is 14.2 Å². The SMILES string of the molecule is COCCCOc1cc(N(C(=O)[C@@H]2CCCN(C(=O)OC(C)(C)C)C2)C2CC2)ccc1C#N. The Labute approximate surface area is 196 Å². The fourth-order valence-corrected chi connectivity index (χ4v) is 3.98. The molecular weight excluding hydrogens is 422 g/mol. The fraction of sp³-hybridized carbons (Fsp3) is 0.640. The smallest absolute Gasteiger partial charge is 0.410 e. The van der Waals surface area contributed by atoms with Crippen molar-refractivity contribution in [3.63, 3.8) is 0 Å². The summed E-state index contributed by atoms with van der Waals surface area (Å²) in [5.74, 6) is 0.206. The second kappa shape index (κ2) is 10.9. The van der Waals surface area contributed by atoms with Crippen LogP contribution in [0.15, 0.2) is 18.2 Å². The number of amides is 2. The van der Waals surface area contributed by atoms with Gasteiger partial charge in [-0.1, -0.05) is 0 Å². The molecule has 1 saturated carbocycles. The molecule has 1 aromatic rings. The van der Waals surface area contributed by atoms with Crippen molar-refractivity contribution in [3.8, 4) is 11.8 Å². The van der Waals surface area contributed by atoms with Crippen LogP contribution in [0.5, 0.6) is 5.75 Å². The molecule has 0 radical (unpaired) electrons. The molecule has 1 saturated heterocycles. The summed E-state index contributed by atoms with van der Waals surface area (Å²) in [6.07, 6.45) is 3.71. The van der Waals surface area contributed by atoms with Crippen LogP contribution in [0.3, 0.4) is 0 Å². The van der Waals surface area contributed by atoms with Gasteiger partial charge in [-0.25, -0.2) is 4.79 Å². The van der Waals surface area contributed by atoms with E-state index in [1.54, 1.807) is 24.1 Å². The van der Waals surface area contributed by atoms with E-state index in [9.17, 15) is 14.9 Å². The molecule has 180 valence electrons. The molecule has 8 heteroatoms. The summed E-state index contributed by atoms with van der Waals surface area (Å²) in [6.45, 7) is 7.47. The third kappa shape index (κ3) is 6.84. The highest BCUT2D eigenvalue weighted by molar-refractivity contribution is 5.97. The van der Waals surface area contributed by atoms with E-state index in [1.165, 1.54) is 0 Å². The van der Waals surface area contributed by atoms with E-state index < -0.39 is 5.60 Å². The molecule has 2 amide bonds. The molecule has 0 bridgehead atoms. The molecule has 0 unspecified atom stereocenters. The number of rotatable bonds is 8. The van der Waals surface area contributed by atoms with Gasteiger partial charge in [0, 0.05) is 51.0 Å². The minimum atomic E-state index is -0.573. The number of methoxy groups -OCH3 is 1. The molecule has 0 spiro atoms. The lowest BCUT2D eigenvalue weighted by Crippen LogP contribution is -2.48. The molecule has 2 fully saturated rings. The maximum atomic E-state index is 13.6. The van der Waals surface area contributed by atoms with Crippen molar-refractivity contribution >= 4 is 17.7 Å². The zero-order chi connectivity index (χ0) is 24.0. The highest BCUT2D eigenvalue weighted by Gasteiger charge is 2.39. The van der Waals surface area contributed by atoms with Gasteiger partial charge in [0.2, 0.25) is 5.91 Å². The molecule has 1 aromatic carbocycles. The largest absolute Gasteiger partial charge is 0.492 e. The number of nitriles is 1. The number of carbonyl (C=O) groups is 2. The molecule has 3 rings (SSSR count). The van der Waals surface area contributed by atoms with Gasteiger partial charge >= 0.3 is 6.09 Å². The number of likely N-dealkylation sites (tertiary alicyclic amines) is 1. The third-order valence-electron chi connectivity index (χ3n) is 5.69. The number of anilines is 1. The Morgan fingerprint density at radius 3 is 2.61 bits per heavy atom. The van der Waals surface area contributed by atoms with E-state index in [2.05, 4.69) is 6.07 Å². The van der Waals surface area contributed by atoms with Crippen LogP contribution in [0.4, 0.5) is 10.5 Å². The fourth-order valence-electron chi connectivity index (χ4n) is 3.98. The lowest BCUT2D eigenvalue weighted by Gasteiger charge is -2.36. The lowest BCUT2D eigenvalue weighted by molar-refractivity contribution is -0.124. The maximum absolute atomic E-state index is 13.6. The van der Waals surface area contributed by atoms with Crippen molar-refractivity contribution in [2.24, 2.45) is 5.92 Å². The summed E-state index contributed by atoms with van der Waals surface area (Å²) < 4.78 is 16.4. The van der Waals surface area contributed by atoms with Gasteiger partial charge in [-0.3, -0.25) is 4.79 Å². The lowest BCUT2D eigenvalue weighted by atomic mass is 9.96. The summed E-state index contributed by atoms with van der Waals surface area (Å²) in [6, 6.07) is 7.61. The van der Waals surface area contributed by atoms with Crippen LogP contribution < -0.4 is 9.64 Å². The molecule has 2 aliphatic rings. The van der Waals surface area contributed by atoms with E-state index in [0.717, 1.165) is 31.4 Å². The van der Waals surface area contributed by atoms with Gasteiger partial charge in [-0.2, -0.15) is 5.26 Å². The molecule has 1 heterocycles. The number of ether oxygens (including phenoxy) is 3. The van der Waals surface area contributed by atoms with Crippen molar-refractivity contribution in [3.05, 3.63) is 23.8 Å². The number of hydrogen-bond acceptors (Lipinski definition) is 6.